The third-order valence-corrected chi connectivity index (χ3v) is 6.11. The molecule has 4 rings (SSSR count). The summed E-state index contributed by atoms with van der Waals surface area (Å²) < 4.78 is 69.3. The summed E-state index contributed by atoms with van der Waals surface area (Å²) in [5, 5.41) is 4.68. The van der Waals surface area contributed by atoms with Crippen LogP contribution in [0.4, 0.5) is 23.2 Å². The first-order valence-electron chi connectivity index (χ1n) is 11.5. The highest BCUT2D eigenvalue weighted by molar-refractivity contribution is 6.04. The molecule has 1 aliphatic heterocycles. The van der Waals surface area contributed by atoms with E-state index < -0.39 is 53.7 Å². The molecule has 0 spiro atoms. The standard InChI is InChI=1S/C26H22F4N4O6/c1-33-22(20-18(27)9-17(38-2)10-19(20)28)21(32-23(35)13-4-6-16(7-5-13)40-26(29)30)24(36)34(33)15-8-14(11-31-12-15)25(37)39-3/h4-12,21-22,26H,1-3H3,(H,32,35). The van der Waals surface area contributed by atoms with Crippen LogP contribution in [0.2, 0.25) is 0 Å². The van der Waals surface area contributed by atoms with Crippen molar-refractivity contribution >= 4 is 23.5 Å². The Morgan fingerprint density at radius 1 is 0.975 bits per heavy atom. The second-order valence-corrected chi connectivity index (χ2v) is 8.45. The minimum atomic E-state index is -3.07. The number of carbonyl (C=O) groups is 3. The van der Waals surface area contributed by atoms with Crippen molar-refractivity contribution < 1.29 is 46.2 Å². The lowest BCUT2D eigenvalue weighted by Gasteiger charge is -2.29. The zero-order chi connectivity index (χ0) is 29.1. The summed E-state index contributed by atoms with van der Waals surface area (Å²) in [6.07, 6.45) is 2.45. The number of hydrogen-bond donors (Lipinski definition) is 1. The number of rotatable bonds is 8. The molecule has 1 N–H and O–H groups in total. The number of anilines is 1. The van der Waals surface area contributed by atoms with Gasteiger partial charge in [0, 0.05) is 36.5 Å². The summed E-state index contributed by atoms with van der Waals surface area (Å²) in [4.78, 5) is 42.8. The first-order valence-corrected chi connectivity index (χ1v) is 11.5. The Bertz CT molecular complexity index is 1420. The number of carbonyl (C=O) groups excluding carboxylic acids is 3. The van der Waals surface area contributed by atoms with E-state index in [2.05, 4.69) is 19.8 Å². The molecule has 1 aliphatic rings. The number of alkyl halides is 2. The van der Waals surface area contributed by atoms with Gasteiger partial charge in [-0.2, -0.15) is 8.78 Å². The van der Waals surface area contributed by atoms with E-state index in [0.717, 1.165) is 36.4 Å². The van der Waals surface area contributed by atoms with E-state index in [1.54, 1.807) is 0 Å². The lowest BCUT2D eigenvalue weighted by molar-refractivity contribution is -0.119. The SMILES string of the molecule is COC(=O)c1cncc(N2C(=O)C(NC(=O)c3ccc(OC(F)F)cc3)C(c3c(F)cc(OC)cc3F)N2C)c1. The highest BCUT2D eigenvalue weighted by Crippen LogP contribution is 2.39. The average molecular weight is 562 g/mol. The molecule has 1 fully saturated rings. The second-order valence-electron chi connectivity index (χ2n) is 8.45. The number of hydrogen-bond acceptors (Lipinski definition) is 8. The van der Waals surface area contributed by atoms with Crippen LogP contribution in [0.3, 0.4) is 0 Å². The Balaban J connectivity index is 1.75. The molecule has 2 aromatic carbocycles. The van der Waals surface area contributed by atoms with Gasteiger partial charge in [-0.1, -0.05) is 0 Å². The number of ether oxygens (including phenoxy) is 3. The molecule has 2 amide bonds. The van der Waals surface area contributed by atoms with Gasteiger partial charge in [0.1, 0.15) is 29.2 Å². The number of amides is 2. The molecule has 2 unspecified atom stereocenters. The molecule has 3 aromatic rings. The maximum atomic E-state index is 15.2. The van der Waals surface area contributed by atoms with Gasteiger partial charge in [-0.15, -0.1) is 0 Å². The number of nitrogens with zero attached hydrogens (tertiary/aromatic N) is 3. The molecule has 2 heterocycles. The van der Waals surface area contributed by atoms with Crippen LogP contribution in [0.25, 0.3) is 0 Å². The van der Waals surface area contributed by atoms with Crippen molar-refractivity contribution in [2.45, 2.75) is 18.7 Å². The van der Waals surface area contributed by atoms with E-state index in [9.17, 15) is 23.2 Å². The molecule has 40 heavy (non-hydrogen) atoms. The smallest absolute Gasteiger partial charge is 0.387 e. The number of halogens is 4. The van der Waals surface area contributed by atoms with Crippen molar-refractivity contribution in [3.05, 3.63) is 83.2 Å². The molecule has 0 aliphatic carbocycles. The third kappa shape index (κ3) is 5.52. The maximum absolute atomic E-state index is 15.2. The number of benzene rings is 2. The summed E-state index contributed by atoms with van der Waals surface area (Å²) in [6.45, 7) is -3.07. The third-order valence-electron chi connectivity index (χ3n) is 6.11. The number of hydrazine groups is 1. The Morgan fingerprint density at radius 2 is 1.62 bits per heavy atom. The lowest BCUT2D eigenvalue weighted by Crippen LogP contribution is -2.44. The van der Waals surface area contributed by atoms with Crippen molar-refractivity contribution in [3.63, 3.8) is 0 Å². The number of methoxy groups -OCH3 is 2. The fourth-order valence-corrected chi connectivity index (χ4v) is 4.31. The van der Waals surface area contributed by atoms with Crippen LogP contribution in [0.15, 0.2) is 54.9 Å². The van der Waals surface area contributed by atoms with Gasteiger partial charge in [-0.3, -0.25) is 14.6 Å². The van der Waals surface area contributed by atoms with Crippen molar-refractivity contribution in [2.75, 3.05) is 26.3 Å². The number of likely N-dealkylation sites (N-methyl/N-ethyl adjacent to an activating group) is 1. The minimum Gasteiger partial charge on any atom is -0.497 e. The Labute approximate surface area is 225 Å². The second kappa shape index (κ2) is 11.6. The maximum Gasteiger partial charge on any atom is 0.387 e. The molecule has 0 saturated carbocycles. The Hall–Kier alpha value is -4.72. The number of esters is 1. The van der Waals surface area contributed by atoms with E-state index in [-0.39, 0.29) is 28.3 Å². The van der Waals surface area contributed by atoms with Crippen LogP contribution >= 0.6 is 0 Å². The first kappa shape index (κ1) is 28.3. The first-order chi connectivity index (χ1) is 19.0. The van der Waals surface area contributed by atoms with Crippen LogP contribution in [0.1, 0.15) is 32.3 Å². The number of pyridine rings is 1. The van der Waals surface area contributed by atoms with Gasteiger partial charge in [0.2, 0.25) is 0 Å². The zero-order valence-electron chi connectivity index (χ0n) is 21.2. The van der Waals surface area contributed by atoms with Crippen LogP contribution in [-0.4, -0.2) is 61.7 Å². The molecule has 14 heteroatoms. The zero-order valence-corrected chi connectivity index (χ0v) is 21.2. The molecule has 0 radical (unpaired) electrons. The summed E-state index contributed by atoms with van der Waals surface area (Å²) in [6, 6.07) is 4.80. The normalized spacial score (nSPS) is 17.2. The van der Waals surface area contributed by atoms with Crippen LogP contribution < -0.4 is 19.8 Å². The minimum absolute atomic E-state index is 0.00171. The van der Waals surface area contributed by atoms with Crippen LogP contribution in [0, 0.1) is 11.6 Å². The van der Waals surface area contributed by atoms with Gasteiger partial charge in [-0.25, -0.2) is 23.6 Å². The highest BCUT2D eigenvalue weighted by Gasteiger charge is 2.49. The average Bonchev–Trinajstić information content (AvgIpc) is 3.16. The molecule has 10 nitrogen and oxygen atoms in total. The lowest BCUT2D eigenvalue weighted by atomic mass is 9.98. The van der Waals surface area contributed by atoms with Gasteiger partial charge in [0.15, 0.2) is 0 Å². The highest BCUT2D eigenvalue weighted by atomic mass is 19.3. The fourth-order valence-electron chi connectivity index (χ4n) is 4.31. The Kier molecular flexibility index (Phi) is 8.18. The van der Waals surface area contributed by atoms with E-state index in [1.807, 2.05) is 0 Å². The van der Waals surface area contributed by atoms with Crippen molar-refractivity contribution in [3.8, 4) is 11.5 Å². The molecule has 0 bridgehead atoms. The summed E-state index contributed by atoms with van der Waals surface area (Å²) in [5.41, 5.74) is -0.528. The summed E-state index contributed by atoms with van der Waals surface area (Å²) >= 11 is 0. The van der Waals surface area contributed by atoms with Crippen LogP contribution in [-0.2, 0) is 9.53 Å². The van der Waals surface area contributed by atoms with Gasteiger partial charge < -0.3 is 19.5 Å². The van der Waals surface area contributed by atoms with Gasteiger partial charge in [0.05, 0.1) is 37.7 Å². The van der Waals surface area contributed by atoms with E-state index in [4.69, 9.17) is 4.74 Å². The topological polar surface area (TPSA) is 110 Å². The monoisotopic (exact) mass is 562 g/mol. The van der Waals surface area contributed by atoms with E-state index >= 15 is 8.78 Å². The fraction of sp³-hybridized carbons (Fsp3) is 0.231. The Morgan fingerprint density at radius 3 is 2.20 bits per heavy atom. The number of nitrogens with one attached hydrogen (secondary N) is 1. The predicted octanol–water partition coefficient (Wildman–Crippen LogP) is 3.49. The van der Waals surface area contributed by atoms with E-state index in [0.29, 0.717) is 0 Å². The molecule has 1 saturated heterocycles. The van der Waals surface area contributed by atoms with Crippen molar-refractivity contribution in [1.29, 1.82) is 0 Å². The molecular formula is C26H22F4N4O6. The molecule has 1 aromatic heterocycles. The predicted molar refractivity (Wildman–Crippen MR) is 131 cm³/mol. The summed E-state index contributed by atoms with van der Waals surface area (Å²) in [7, 11) is 3.74. The largest absolute Gasteiger partial charge is 0.497 e. The number of aromatic nitrogens is 1. The van der Waals surface area contributed by atoms with Crippen molar-refractivity contribution in [1.82, 2.24) is 15.3 Å². The van der Waals surface area contributed by atoms with Gasteiger partial charge in [-0.05, 0) is 30.3 Å². The van der Waals surface area contributed by atoms with Crippen molar-refractivity contribution in [2.24, 2.45) is 0 Å². The molecule has 210 valence electrons. The van der Waals surface area contributed by atoms with Crippen LogP contribution in [0.5, 0.6) is 11.5 Å². The van der Waals surface area contributed by atoms with Gasteiger partial charge >= 0.3 is 12.6 Å². The quantitative estimate of drug-likeness (QED) is 0.328. The summed E-state index contributed by atoms with van der Waals surface area (Å²) in [5.74, 6) is -4.78. The van der Waals surface area contributed by atoms with Gasteiger partial charge in [0.25, 0.3) is 11.8 Å². The molecular weight excluding hydrogens is 540 g/mol. The van der Waals surface area contributed by atoms with E-state index in [1.165, 1.54) is 49.8 Å². The molecule has 2 atom stereocenters.